The van der Waals surface area contributed by atoms with Crippen LogP contribution < -0.4 is 10.2 Å². The van der Waals surface area contributed by atoms with Gasteiger partial charge >= 0.3 is 0 Å². The summed E-state index contributed by atoms with van der Waals surface area (Å²) in [6, 6.07) is 13.8. The molecule has 2 aromatic carbocycles. The standard InChI is InChI=1S/C25H21BrN2O2S/c26-16-9-10-20(29)15(11-16)12-19-17-6-2-1-5-14(17)13-28-23(19)27-24(30)22-18-7-3-4-8-21(18)31-25(22)28/h1-2,5-6,9-12,23,29H,3-4,7-8,13H2,(H,27,30)/b19-12-. The minimum absolute atomic E-state index is 0.0272. The average molecular weight is 493 g/mol. The molecule has 0 fully saturated rings. The third-order valence-electron chi connectivity index (χ3n) is 6.48. The molecule has 2 N–H and O–H groups in total. The number of halogens is 1. The summed E-state index contributed by atoms with van der Waals surface area (Å²) >= 11 is 5.30. The number of aromatic hydroxyl groups is 1. The first-order valence-corrected chi connectivity index (χ1v) is 12.2. The van der Waals surface area contributed by atoms with E-state index in [1.165, 1.54) is 22.4 Å². The van der Waals surface area contributed by atoms with Crippen molar-refractivity contribution in [2.75, 3.05) is 4.90 Å². The molecule has 0 saturated heterocycles. The molecule has 0 bridgehead atoms. The van der Waals surface area contributed by atoms with Crippen molar-refractivity contribution in [3.8, 4) is 5.75 Å². The molecule has 6 rings (SSSR count). The van der Waals surface area contributed by atoms with Crippen molar-refractivity contribution in [1.29, 1.82) is 0 Å². The van der Waals surface area contributed by atoms with E-state index < -0.39 is 0 Å². The zero-order valence-corrected chi connectivity index (χ0v) is 19.2. The number of hydrogen-bond acceptors (Lipinski definition) is 4. The first-order valence-electron chi connectivity index (χ1n) is 10.6. The Bertz CT molecular complexity index is 1260. The second kappa shape index (κ2) is 7.24. The third-order valence-corrected chi connectivity index (χ3v) is 8.31. The van der Waals surface area contributed by atoms with Crippen LogP contribution in [0, 0.1) is 0 Å². The Labute approximate surface area is 193 Å². The van der Waals surface area contributed by atoms with E-state index in [4.69, 9.17) is 0 Å². The monoisotopic (exact) mass is 492 g/mol. The number of amides is 1. The van der Waals surface area contributed by atoms with E-state index in [9.17, 15) is 9.90 Å². The topological polar surface area (TPSA) is 52.6 Å². The number of nitrogens with one attached hydrogen (secondary N) is 1. The smallest absolute Gasteiger partial charge is 0.256 e. The molecular formula is C25H21BrN2O2S. The number of hydrogen-bond donors (Lipinski definition) is 2. The highest BCUT2D eigenvalue weighted by atomic mass is 79.9. The predicted octanol–water partition coefficient (Wildman–Crippen LogP) is 5.73. The van der Waals surface area contributed by atoms with E-state index in [0.29, 0.717) is 0 Å². The lowest BCUT2D eigenvalue weighted by molar-refractivity contribution is 0.0936. The van der Waals surface area contributed by atoms with Gasteiger partial charge in [0, 0.05) is 27.0 Å². The van der Waals surface area contributed by atoms with Gasteiger partial charge in [-0.25, -0.2) is 0 Å². The Kier molecular flexibility index (Phi) is 4.47. The van der Waals surface area contributed by atoms with Crippen LogP contribution in [0.3, 0.4) is 0 Å². The maximum atomic E-state index is 13.3. The normalized spacial score (nSPS) is 20.5. The van der Waals surface area contributed by atoms with Gasteiger partial charge in [-0.15, -0.1) is 11.3 Å². The number of phenols is 1. The van der Waals surface area contributed by atoms with Gasteiger partial charge in [0.1, 0.15) is 16.9 Å². The highest BCUT2D eigenvalue weighted by molar-refractivity contribution is 9.10. The SMILES string of the molecule is O=C1NC2/C(=C\c3cc(Br)ccc3O)c3ccccc3CN2c2sc3c(c21)CCCC3. The summed E-state index contributed by atoms with van der Waals surface area (Å²) in [6.07, 6.45) is 6.18. The minimum Gasteiger partial charge on any atom is -0.507 e. The van der Waals surface area contributed by atoms with Crippen molar-refractivity contribution in [2.24, 2.45) is 0 Å². The largest absolute Gasteiger partial charge is 0.507 e. The average Bonchev–Trinajstić information content (AvgIpc) is 3.17. The summed E-state index contributed by atoms with van der Waals surface area (Å²) in [6.45, 7) is 0.759. The Balaban J connectivity index is 1.55. The van der Waals surface area contributed by atoms with E-state index in [1.807, 2.05) is 24.3 Å². The Morgan fingerprint density at radius 1 is 1.16 bits per heavy atom. The molecule has 1 atom stereocenters. The molecule has 6 heteroatoms. The summed E-state index contributed by atoms with van der Waals surface area (Å²) in [5, 5.41) is 14.9. The van der Waals surface area contributed by atoms with Crippen LogP contribution in [-0.4, -0.2) is 17.2 Å². The molecule has 0 spiro atoms. The molecule has 31 heavy (non-hydrogen) atoms. The van der Waals surface area contributed by atoms with Crippen LogP contribution in [0.2, 0.25) is 0 Å². The Morgan fingerprint density at radius 2 is 2.00 bits per heavy atom. The number of carbonyl (C=O) groups is 1. The van der Waals surface area contributed by atoms with E-state index in [0.717, 1.165) is 57.5 Å². The molecule has 0 radical (unpaired) electrons. The van der Waals surface area contributed by atoms with Crippen LogP contribution in [0.4, 0.5) is 5.00 Å². The number of nitrogens with zero attached hydrogens (tertiary/aromatic N) is 1. The van der Waals surface area contributed by atoms with E-state index in [2.05, 4.69) is 44.3 Å². The lowest BCUT2D eigenvalue weighted by Crippen LogP contribution is -2.54. The van der Waals surface area contributed by atoms with Crippen LogP contribution in [-0.2, 0) is 19.4 Å². The molecular weight excluding hydrogens is 472 g/mol. The lowest BCUT2D eigenvalue weighted by atomic mass is 9.88. The Morgan fingerprint density at radius 3 is 2.90 bits per heavy atom. The Hall–Kier alpha value is -2.57. The molecule has 1 unspecified atom stereocenters. The number of thiophene rings is 1. The number of phenolic OH excluding ortho intramolecular Hbond substituents is 1. The second-order valence-corrected chi connectivity index (χ2v) is 10.4. The van der Waals surface area contributed by atoms with Gasteiger partial charge in [-0.2, -0.15) is 0 Å². The molecule has 156 valence electrons. The number of rotatable bonds is 1. The first kappa shape index (κ1) is 19.1. The van der Waals surface area contributed by atoms with Crippen molar-refractivity contribution in [1.82, 2.24) is 5.32 Å². The van der Waals surface area contributed by atoms with Crippen molar-refractivity contribution in [3.05, 3.63) is 79.6 Å². The number of benzene rings is 2. The fourth-order valence-corrected chi connectivity index (χ4v) is 6.82. The van der Waals surface area contributed by atoms with Gasteiger partial charge < -0.3 is 15.3 Å². The van der Waals surface area contributed by atoms with Gasteiger partial charge in [-0.05, 0) is 66.6 Å². The molecule has 1 amide bonds. The molecule has 4 nitrogen and oxygen atoms in total. The van der Waals surface area contributed by atoms with Crippen molar-refractivity contribution >= 4 is 49.8 Å². The molecule has 1 aromatic heterocycles. The first-order chi connectivity index (χ1) is 15.1. The lowest BCUT2D eigenvalue weighted by Gasteiger charge is -2.43. The fraction of sp³-hybridized carbons (Fsp3) is 0.240. The number of fused-ring (bicyclic) bond motifs is 6. The van der Waals surface area contributed by atoms with Gasteiger partial charge in [0.15, 0.2) is 0 Å². The van der Waals surface area contributed by atoms with Gasteiger partial charge in [-0.3, -0.25) is 4.79 Å². The number of aryl methyl sites for hydroxylation is 1. The van der Waals surface area contributed by atoms with Crippen LogP contribution in [0.25, 0.3) is 11.6 Å². The summed E-state index contributed by atoms with van der Waals surface area (Å²) in [7, 11) is 0. The van der Waals surface area contributed by atoms with E-state index in [-0.39, 0.29) is 17.8 Å². The summed E-state index contributed by atoms with van der Waals surface area (Å²) in [5.74, 6) is 0.249. The maximum absolute atomic E-state index is 13.3. The molecule has 2 aliphatic heterocycles. The highest BCUT2D eigenvalue weighted by Crippen LogP contribution is 2.47. The third kappa shape index (κ3) is 3.04. The maximum Gasteiger partial charge on any atom is 0.256 e. The van der Waals surface area contributed by atoms with Gasteiger partial charge in [0.05, 0.1) is 5.56 Å². The van der Waals surface area contributed by atoms with Crippen LogP contribution in [0.1, 0.15) is 50.3 Å². The molecule has 0 saturated carbocycles. The predicted molar refractivity (Wildman–Crippen MR) is 129 cm³/mol. The minimum atomic E-state index is -0.256. The van der Waals surface area contributed by atoms with Gasteiger partial charge in [-0.1, -0.05) is 40.2 Å². The molecule has 1 aliphatic carbocycles. The zero-order valence-electron chi connectivity index (χ0n) is 16.8. The number of carbonyl (C=O) groups excluding carboxylic acids is 1. The van der Waals surface area contributed by atoms with Crippen molar-refractivity contribution in [2.45, 2.75) is 38.4 Å². The molecule has 3 aromatic rings. The van der Waals surface area contributed by atoms with Gasteiger partial charge in [0.2, 0.25) is 0 Å². The van der Waals surface area contributed by atoms with Crippen LogP contribution in [0.5, 0.6) is 5.75 Å². The van der Waals surface area contributed by atoms with Crippen molar-refractivity contribution < 1.29 is 9.90 Å². The second-order valence-electron chi connectivity index (χ2n) is 8.35. The highest BCUT2D eigenvalue weighted by Gasteiger charge is 2.41. The quantitative estimate of drug-likeness (QED) is 0.456. The van der Waals surface area contributed by atoms with Crippen LogP contribution >= 0.6 is 27.3 Å². The van der Waals surface area contributed by atoms with Crippen LogP contribution in [0.15, 0.2) is 46.9 Å². The van der Waals surface area contributed by atoms with E-state index in [1.54, 1.807) is 17.4 Å². The fourth-order valence-electron chi connectivity index (χ4n) is 5.02. The summed E-state index contributed by atoms with van der Waals surface area (Å²) < 4.78 is 0.902. The van der Waals surface area contributed by atoms with Gasteiger partial charge in [0.25, 0.3) is 5.91 Å². The van der Waals surface area contributed by atoms with Crippen molar-refractivity contribution in [3.63, 3.8) is 0 Å². The summed E-state index contributed by atoms with van der Waals surface area (Å²) in [4.78, 5) is 17.0. The number of anilines is 1. The zero-order chi connectivity index (χ0) is 21.1. The summed E-state index contributed by atoms with van der Waals surface area (Å²) in [5.41, 5.74) is 6.23. The van der Waals surface area contributed by atoms with E-state index >= 15 is 0 Å². The molecule has 3 aliphatic rings. The molecule has 3 heterocycles.